The van der Waals surface area contributed by atoms with E-state index in [-0.39, 0.29) is 12.1 Å². The van der Waals surface area contributed by atoms with E-state index in [9.17, 15) is 26.4 Å². The van der Waals surface area contributed by atoms with Gasteiger partial charge in [-0.1, -0.05) is 12.1 Å². The Labute approximate surface area is 113 Å². The maximum absolute atomic E-state index is 12.3. The van der Waals surface area contributed by atoms with Gasteiger partial charge in [-0.05, 0) is 24.6 Å². The van der Waals surface area contributed by atoms with Gasteiger partial charge in [0.05, 0.1) is 5.56 Å². The molecular formula is C11H12F3NO4S. The lowest BCUT2D eigenvalue weighted by atomic mass is 10.1. The van der Waals surface area contributed by atoms with Crippen LogP contribution in [0.15, 0.2) is 24.3 Å². The van der Waals surface area contributed by atoms with Crippen molar-refractivity contribution >= 4 is 16.0 Å². The lowest BCUT2D eigenvalue weighted by Crippen LogP contribution is -2.41. The minimum absolute atomic E-state index is 0.000247. The van der Waals surface area contributed by atoms with Gasteiger partial charge in [0.25, 0.3) is 0 Å². The van der Waals surface area contributed by atoms with Crippen LogP contribution in [0.2, 0.25) is 0 Å². The van der Waals surface area contributed by atoms with Crippen molar-refractivity contribution < 1.29 is 31.5 Å². The molecule has 0 spiro atoms. The molecule has 1 aromatic rings. The highest BCUT2D eigenvalue weighted by atomic mass is 32.2. The number of sulfonamides is 1. The van der Waals surface area contributed by atoms with Crippen LogP contribution < -0.4 is 4.72 Å². The van der Waals surface area contributed by atoms with Gasteiger partial charge in [0.2, 0.25) is 10.0 Å². The van der Waals surface area contributed by atoms with E-state index >= 15 is 0 Å². The van der Waals surface area contributed by atoms with Crippen molar-refractivity contribution in [2.75, 3.05) is 0 Å². The predicted octanol–water partition coefficient (Wildman–Crippen LogP) is 1.76. The van der Waals surface area contributed by atoms with Crippen LogP contribution in [0.4, 0.5) is 13.2 Å². The summed E-state index contributed by atoms with van der Waals surface area (Å²) < 4.78 is 61.6. The Balaban J connectivity index is 2.74. The van der Waals surface area contributed by atoms with Gasteiger partial charge in [0, 0.05) is 6.54 Å². The summed E-state index contributed by atoms with van der Waals surface area (Å²) in [5.41, 5.74) is 0.355. The number of hydrogen-bond acceptors (Lipinski definition) is 3. The van der Waals surface area contributed by atoms with Gasteiger partial charge in [0.1, 0.15) is 0 Å². The molecule has 1 unspecified atom stereocenters. The van der Waals surface area contributed by atoms with E-state index in [1.165, 1.54) is 24.3 Å². The van der Waals surface area contributed by atoms with Crippen LogP contribution >= 0.6 is 0 Å². The summed E-state index contributed by atoms with van der Waals surface area (Å²) in [6.45, 7) is 0.207. The van der Waals surface area contributed by atoms with E-state index < -0.39 is 27.4 Å². The molecule has 20 heavy (non-hydrogen) atoms. The second kappa shape index (κ2) is 5.80. The van der Waals surface area contributed by atoms with Gasteiger partial charge in [0.15, 0.2) is 5.25 Å². The molecule has 1 aromatic carbocycles. The van der Waals surface area contributed by atoms with Crippen LogP contribution in [0.25, 0.3) is 0 Å². The Hall–Kier alpha value is -1.61. The Kier molecular flexibility index (Phi) is 4.77. The lowest BCUT2D eigenvalue weighted by Gasteiger charge is -2.16. The average molecular weight is 311 g/mol. The van der Waals surface area contributed by atoms with E-state index in [4.69, 9.17) is 5.11 Å². The first-order valence-corrected chi connectivity index (χ1v) is 6.96. The molecule has 9 heteroatoms. The van der Waals surface area contributed by atoms with Crippen LogP contribution in [0.3, 0.4) is 0 Å². The summed E-state index contributed by atoms with van der Waals surface area (Å²) in [5.74, 6) is -1.15. The number of nitrogens with one attached hydrogen (secondary N) is 1. The smallest absolute Gasteiger partial charge is 0.406 e. The number of carboxylic acid groups (broad SMARTS) is 1. The summed E-state index contributed by atoms with van der Waals surface area (Å²) in [7, 11) is -4.53. The molecule has 0 amide bonds. The summed E-state index contributed by atoms with van der Waals surface area (Å²) in [4.78, 5) is 10.6. The number of hydrogen-bond donors (Lipinski definition) is 2. The summed E-state index contributed by atoms with van der Waals surface area (Å²) in [5, 5.41) is 6.14. The number of halogens is 3. The van der Waals surface area contributed by atoms with Crippen molar-refractivity contribution in [2.24, 2.45) is 0 Å². The highest BCUT2D eigenvalue weighted by Gasteiger charge is 2.44. The highest BCUT2D eigenvalue weighted by molar-refractivity contribution is 7.90. The maximum atomic E-state index is 12.3. The van der Waals surface area contributed by atoms with Crippen molar-refractivity contribution in [3.8, 4) is 0 Å². The van der Waals surface area contributed by atoms with E-state index in [1.54, 1.807) is 0 Å². The number of aromatic carboxylic acids is 1. The topological polar surface area (TPSA) is 83.5 Å². The maximum Gasteiger partial charge on any atom is 0.406 e. The molecule has 0 saturated heterocycles. The lowest BCUT2D eigenvalue weighted by molar-refractivity contribution is -0.127. The van der Waals surface area contributed by atoms with Crippen LogP contribution in [0, 0.1) is 0 Å². The van der Waals surface area contributed by atoms with E-state index in [0.29, 0.717) is 12.5 Å². The fraction of sp³-hybridized carbons (Fsp3) is 0.364. The monoisotopic (exact) mass is 311 g/mol. The molecule has 5 nitrogen and oxygen atoms in total. The molecule has 0 bridgehead atoms. The van der Waals surface area contributed by atoms with E-state index in [2.05, 4.69) is 0 Å². The number of alkyl halides is 3. The molecule has 0 fully saturated rings. The second-order valence-electron chi connectivity index (χ2n) is 4.05. The molecule has 0 aromatic heterocycles. The third-order valence-corrected chi connectivity index (χ3v) is 4.35. The van der Waals surface area contributed by atoms with E-state index in [0.717, 1.165) is 0 Å². The zero-order valence-corrected chi connectivity index (χ0v) is 11.1. The van der Waals surface area contributed by atoms with Crippen molar-refractivity contribution in [2.45, 2.75) is 24.9 Å². The predicted molar refractivity (Wildman–Crippen MR) is 64.7 cm³/mol. The molecule has 0 saturated carbocycles. The van der Waals surface area contributed by atoms with Gasteiger partial charge >= 0.3 is 12.1 Å². The van der Waals surface area contributed by atoms with Gasteiger partial charge in [-0.2, -0.15) is 13.2 Å². The van der Waals surface area contributed by atoms with E-state index in [1.807, 2.05) is 4.72 Å². The number of rotatable bonds is 5. The SMILES string of the molecule is CC(C(F)(F)F)S(=O)(=O)NCc1ccc(C(=O)O)cc1. The molecular weight excluding hydrogens is 299 g/mol. The molecule has 0 heterocycles. The molecule has 112 valence electrons. The molecule has 1 rings (SSSR count). The third kappa shape index (κ3) is 4.20. The van der Waals surface area contributed by atoms with Crippen LogP contribution in [-0.2, 0) is 16.6 Å². The number of carboxylic acids is 1. The fourth-order valence-corrected chi connectivity index (χ4v) is 2.22. The Morgan fingerprint density at radius 3 is 2.20 bits per heavy atom. The van der Waals surface area contributed by atoms with Crippen LogP contribution in [-0.4, -0.2) is 30.9 Å². The molecule has 0 radical (unpaired) electrons. The normalized spacial score (nSPS) is 14.0. The summed E-state index contributed by atoms with van der Waals surface area (Å²) in [6, 6.07) is 5.12. The number of carbonyl (C=O) groups is 1. The molecule has 0 aliphatic heterocycles. The van der Waals surface area contributed by atoms with Crippen LogP contribution in [0.5, 0.6) is 0 Å². The number of benzene rings is 1. The zero-order chi connectivity index (χ0) is 15.6. The first-order chi connectivity index (χ1) is 9.04. The second-order valence-corrected chi connectivity index (χ2v) is 6.14. The first-order valence-electron chi connectivity index (χ1n) is 5.41. The zero-order valence-electron chi connectivity index (χ0n) is 10.3. The van der Waals surface area contributed by atoms with Crippen molar-refractivity contribution in [1.29, 1.82) is 0 Å². The van der Waals surface area contributed by atoms with Crippen molar-refractivity contribution in [3.05, 3.63) is 35.4 Å². The quantitative estimate of drug-likeness (QED) is 0.868. The third-order valence-electron chi connectivity index (χ3n) is 2.60. The van der Waals surface area contributed by atoms with Gasteiger partial charge in [-0.25, -0.2) is 17.9 Å². The first kappa shape index (κ1) is 16.4. The van der Waals surface area contributed by atoms with Crippen LogP contribution in [0.1, 0.15) is 22.8 Å². The summed E-state index contributed by atoms with van der Waals surface area (Å²) >= 11 is 0. The minimum Gasteiger partial charge on any atom is -0.478 e. The minimum atomic E-state index is -4.85. The molecule has 2 N–H and O–H groups in total. The average Bonchev–Trinajstić information content (AvgIpc) is 2.35. The Bertz CT molecular complexity index is 581. The van der Waals surface area contributed by atoms with Gasteiger partial charge in [-0.15, -0.1) is 0 Å². The standard InChI is InChI=1S/C11H12F3NO4S/c1-7(11(12,13)14)20(18,19)15-6-8-2-4-9(5-3-8)10(16)17/h2-5,7,15H,6H2,1H3,(H,16,17). The molecule has 0 aliphatic rings. The Morgan fingerprint density at radius 2 is 1.80 bits per heavy atom. The highest BCUT2D eigenvalue weighted by Crippen LogP contribution is 2.25. The molecule has 0 aliphatic carbocycles. The molecule has 1 atom stereocenters. The Morgan fingerprint density at radius 1 is 1.30 bits per heavy atom. The van der Waals surface area contributed by atoms with Gasteiger partial charge < -0.3 is 5.11 Å². The van der Waals surface area contributed by atoms with Crippen molar-refractivity contribution in [1.82, 2.24) is 4.72 Å². The van der Waals surface area contributed by atoms with Gasteiger partial charge in [-0.3, -0.25) is 0 Å². The largest absolute Gasteiger partial charge is 0.478 e. The van der Waals surface area contributed by atoms with Crippen molar-refractivity contribution in [3.63, 3.8) is 0 Å². The summed E-state index contributed by atoms with van der Waals surface area (Å²) in [6.07, 6.45) is -4.85. The fourth-order valence-electron chi connectivity index (χ4n) is 1.25.